The van der Waals surface area contributed by atoms with E-state index in [4.69, 9.17) is 0 Å². The predicted octanol–water partition coefficient (Wildman–Crippen LogP) is 2.72. The molecule has 2 N–H and O–H groups in total. The number of anilines is 1. The first-order valence-electron chi connectivity index (χ1n) is 5.83. The van der Waals surface area contributed by atoms with Crippen LogP contribution in [0.4, 0.5) is 19.1 Å². The van der Waals surface area contributed by atoms with E-state index in [-0.39, 0.29) is 11.6 Å². The third-order valence-corrected chi connectivity index (χ3v) is 2.63. The molecule has 0 aliphatic heterocycles. The Labute approximate surface area is 117 Å². The minimum atomic E-state index is -5.01. The smallest absolute Gasteiger partial charge is 0.327 e. The minimum Gasteiger partial charge on any atom is -0.327 e. The number of amides is 1. The van der Waals surface area contributed by atoms with Gasteiger partial charge in [0.25, 0.3) is 11.7 Å². The van der Waals surface area contributed by atoms with E-state index in [1.54, 1.807) is 18.2 Å². The van der Waals surface area contributed by atoms with E-state index < -0.39 is 23.6 Å². The Bertz CT molecular complexity index is 678. The van der Waals surface area contributed by atoms with Crippen LogP contribution in [0.25, 0.3) is 0 Å². The first-order chi connectivity index (χ1) is 9.79. The molecule has 0 saturated heterocycles. The third kappa shape index (κ3) is 3.28. The van der Waals surface area contributed by atoms with Gasteiger partial charge in [-0.25, -0.2) is 4.98 Å². The number of aromatic nitrogens is 2. The second-order valence-corrected chi connectivity index (χ2v) is 4.21. The van der Waals surface area contributed by atoms with Crippen molar-refractivity contribution in [1.82, 2.24) is 9.97 Å². The van der Waals surface area contributed by atoms with Crippen LogP contribution in [0, 0.1) is 6.92 Å². The Balaban J connectivity index is 2.20. The summed E-state index contributed by atoms with van der Waals surface area (Å²) in [6, 6.07) is 8.07. The normalized spacial score (nSPS) is 11.2. The van der Waals surface area contributed by atoms with Crippen molar-refractivity contribution >= 4 is 17.6 Å². The first kappa shape index (κ1) is 14.8. The van der Waals surface area contributed by atoms with Crippen molar-refractivity contribution in [1.29, 1.82) is 0 Å². The number of benzene rings is 1. The summed E-state index contributed by atoms with van der Waals surface area (Å²) in [4.78, 5) is 28.9. The zero-order chi connectivity index (χ0) is 15.6. The highest BCUT2D eigenvalue weighted by Crippen LogP contribution is 2.23. The van der Waals surface area contributed by atoms with E-state index in [9.17, 15) is 22.8 Å². The molecule has 0 spiro atoms. The lowest BCUT2D eigenvalue weighted by atomic mass is 10.2. The fraction of sp³-hybridized carbons (Fsp3) is 0.154. The zero-order valence-electron chi connectivity index (χ0n) is 10.8. The largest absolute Gasteiger partial charge is 0.456 e. The Morgan fingerprint density at radius 1 is 1.19 bits per heavy atom. The molecule has 0 atom stereocenters. The standard InChI is InChI=1S/C13H10F3N3O2/c1-7-9(10(20)13(14,15)16)18-12(17-7)19-11(21)8-5-3-2-4-6-8/h2-6H,1H3,(H2,17,18,19,21). The van der Waals surface area contributed by atoms with E-state index in [1.165, 1.54) is 19.1 Å². The van der Waals surface area contributed by atoms with E-state index in [0.717, 1.165) is 0 Å². The molecule has 2 rings (SSSR count). The molecule has 0 fully saturated rings. The van der Waals surface area contributed by atoms with Crippen molar-refractivity contribution in [3.05, 3.63) is 47.3 Å². The monoisotopic (exact) mass is 297 g/mol. The molecular formula is C13H10F3N3O2. The molecule has 0 aliphatic rings. The number of nitrogens with one attached hydrogen (secondary N) is 2. The van der Waals surface area contributed by atoms with Crippen LogP contribution < -0.4 is 5.32 Å². The molecule has 1 aromatic heterocycles. The van der Waals surface area contributed by atoms with Crippen LogP contribution in [0.3, 0.4) is 0 Å². The van der Waals surface area contributed by atoms with E-state index >= 15 is 0 Å². The lowest BCUT2D eigenvalue weighted by Crippen LogP contribution is -2.24. The van der Waals surface area contributed by atoms with Gasteiger partial charge >= 0.3 is 6.18 Å². The number of hydrogen-bond donors (Lipinski definition) is 2. The molecule has 2 aromatic rings. The summed E-state index contributed by atoms with van der Waals surface area (Å²) in [5.74, 6) is -2.82. The maximum atomic E-state index is 12.4. The van der Waals surface area contributed by atoms with E-state index in [2.05, 4.69) is 15.3 Å². The summed E-state index contributed by atoms with van der Waals surface area (Å²) in [6.45, 7) is 1.27. The van der Waals surface area contributed by atoms with Crippen molar-refractivity contribution in [2.45, 2.75) is 13.1 Å². The lowest BCUT2D eigenvalue weighted by Gasteiger charge is -2.02. The minimum absolute atomic E-state index is 0.0688. The molecule has 21 heavy (non-hydrogen) atoms. The average Bonchev–Trinajstić information content (AvgIpc) is 2.78. The Kier molecular flexibility index (Phi) is 3.79. The van der Waals surface area contributed by atoms with Crippen LogP contribution >= 0.6 is 0 Å². The van der Waals surface area contributed by atoms with Crippen molar-refractivity contribution < 1.29 is 22.8 Å². The van der Waals surface area contributed by atoms with Gasteiger partial charge in [-0.1, -0.05) is 18.2 Å². The summed E-state index contributed by atoms with van der Waals surface area (Å²) in [6.07, 6.45) is -5.01. The van der Waals surface area contributed by atoms with Gasteiger partial charge in [0, 0.05) is 11.3 Å². The summed E-state index contributed by atoms with van der Waals surface area (Å²) >= 11 is 0. The molecule has 1 heterocycles. The quantitative estimate of drug-likeness (QED) is 0.855. The molecule has 8 heteroatoms. The first-order valence-corrected chi connectivity index (χ1v) is 5.83. The highest BCUT2D eigenvalue weighted by Gasteiger charge is 2.41. The molecule has 110 valence electrons. The third-order valence-electron chi connectivity index (χ3n) is 2.63. The topological polar surface area (TPSA) is 74.8 Å². The molecule has 0 saturated carbocycles. The van der Waals surface area contributed by atoms with E-state index in [0.29, 0.717) is 5.56 Å². The van der Waals surface area contributed by atoms with Gasteiger partial charge in [-0.15, -0.1) is 0 Å². The van der Waals surface area contributed by atoms with Gasteiger partial charge in [0.1, 0.15) is 5.69 Å². The van der Waals surface area contributed by atoms with Crippen LogP contribution in [0.1, 0.15) is 26.5 Å². The number of Topliss-reactive ketones (excluding diaryl/α,β-unsaturated/α-hetero) is 1. The number of hydrogen-bond acceptors (Lipinski definition) is 3. The molecule has 1 aromatic carbocycles. The average molecular weight is 297 g/mol. The van der Waals surface area contributed by atoms with Gasteiger partial charge in [-0.05, 0) is 19.1 Å². The number of carbonyl (C=O) groups is 2. The lowest BCUT2D eigenvalue weighted by molar-refractivity contribution is -0.0888. The number of imidazole rings is 1. The highest BCUT2D eigenvalue weighted by atomic mass is 19.4. The van der Waals surface area contributed by atoms with Crippen LogP contribution in [0.2, 0.25) is 0 Å². The van der Waals surface area contributed by atoms with Gasteiger partial charge in [0.2, 0.25) is 5.95 Å². The molecule has 0 bridgehead atoms. The summed E-state index contributed by atoms with van der Waals surface area (Å²) in [7, 11) is 0. The number of alkyl halides is 3. The number of H-pyrrole nitrogens is 1. The Hall–Kier alpha value is -2.64. The van der Waals surface area contributed by atoms with Crippen molar-refractivity contribution in [3.63, 3.8) is 0 Å². The summed E-state index contributed by atoms with van der Waals surface area (Å²) < 4.78 is 37.1. The maximum absolute atomic E-state index is 12.4. The van der Waals surface area contributed by atoms with Gasteiger partial charge in [-0.3, -0.25) is 14.9 Å². The fourth-order valence-electron chi connectivity index (χ4n) is 1.64. The fourth-order valence-corrected chi connectivity index (χ4v) is 1.64. The van der Waals surface area contributed by atoms with Gasteiger partial charge in [0.05, 0.1) is 0 Å². The SMILES string of the molecule is Cc1[nH]c(NC(=O)c2ccccc2)nc1C(=O)C(F)(F)F. The molecule has 0 radical (unpaired) electrons. The van der Waals surface area contributed by atoms with Crippen LogP contribution in [0.15, 0.2) is 30.3 Å². The summed E-state index contributed by atoms with van der Waals surface area (Å²) in [5, 5.41) is 2.30. The maximum Gasteiger partial charge on any atom is 0.456 e. The van der Waals surface area contributed by atoms with Gasteiger partial charge < -0.3 is 4.98 Å². The molecule has 5 nitrogen and oxygen atoms in total. The summed E-state index contributed by atoms with van der Waals surface area (Å²) in [5.41, 5.74) is -0.512. The second-order valence-electron chi connectivity index (χ2n) is 4.21. The van der Waals surface area contributed by atoms with Crippen molar-refractivity contribution in [2.75, 3.05) is 5.32 Å². The van der Waals surface area contributed by atoms with Gasteiger partial charge in [-0.2, -0.15) is 13.2 Å². The Morgan fingerprint density at radius 3 is 2.38 bits per heavy atom. The highest BCUT2D eigenvalue weighted by molar-refractivity contribution is 6.04. The molecule has 0 aliphatic carbocycles. The van der Waals surface area contributed by atoms with Crippen molar-refractivity contribution in [2.24, 2.45) is 0 Å². The molecule has 1 amide bonds. The number of carbonyl (C=O) groups excluding carboxylic acids is 2. The zero-order valence-corrected chi connectivity index (χ0v) is 10.8. The van der Waals surface area contributed by atoms with Gasteiger partial charge in [0.15, 0.2) is 0 Å². The Morgan fingerprint density at radius 2 is 1.81 bits per heavy atom. The number of aromatic amines is 1. The predicted molar refractivity (Wildman–Crippen MR) is 68.1 cm³/mol. The van der Waals surface area contributed by atoms with Crippen LogP contribution in [-0.4, -0.2) is 27.8 Å². The number of ketones is 1. The number of halogens is 3. The van der Waals surface area contributed by atoms with Crippen molar-refractivity contribution in [3.8, 4) is 0 Å². The van der Waals surface area contributed by atoms with Crippen LogP contribution in [-0.2, 0) is 0 Å². The number of rotatable bonds is 3. The number of aryl methyl sites for hydroxylation is 1. The van der Waals surface area contributed by atoms with Crippen LogP contribution in [0.5, 0.6) is 0 Å². The number of nitrogens with zero attached hydrogens (tertiary/aromatic N) is 1. The molecular weight excluding hydrogens is 287 g/mol. The molecule has 0 unspecified atom stereocenters. The van der Waals surface area contributed by atoms with E-state index in [1.807, 2.05) is 0 Å². The second kappa shape index (κ2) is 5.39.